The molecule has 1 amide bonds. The number of hydrogen-bond donors (Lipinski definition) is 0. The van der Waals surface area contributed by atoms with Crippen molar-refractivity contribution in [2.45, 2.75) is 18.8 Å². The molecule has 0 spiro atoms. The maximum absolute atomic E-state index is 14.0. The Kier molecular flexibility index (Phi) is 5.20. The molecule has 1 atom stereocenters. The van der Waals surface area contributed by atoms with Crippen LogP contribution in [0.3, 0.4) is 0 Å². The number of pyridine rings is 1. The molecule has 0 aliphatic heterocycles. The van der Waals surface area contributed by atoms with Gasteiger partial charge in [0.05, 0.1) is 5.56 Å². The summed E-state index contributed by atoms with van der Waals surface area (Å²) in [5, 5.41) is 0. The van der Waals surface area contributed by atoms with Gasteiger partial charge in [-0.25, -0.2) is 13.8 Å². The van der Waals surface area contributed by atoms with E-state index in [4.69, 9.17) is 4.74 Å². The third-order valence-corrected chi connectivity index (χ3v) is 3.60. The number of carbonyl (C=O) groups excluding carboxylic acids is 1. The summed E-state index contributed by atoms with van der Waals surface area (Å²) in [7, 11) is 2.98. The van der Waals surface area contributed by atoms with Crippen molar-refractivity contribution in [3.05, 3.63) is 53.5 Å². The van der Waals surface area contributed by atoms with Crippen molar-refractivity contribution in [2.75, 3.05) is 14.1 Å². The second-order valence-electron chi connectivity index (χ2n) is 5.84. The highest BCUT2D eigenvalue weighted by atomic mass is 19.4. The van der Waals surface area contributed by atoms with Crippen LogP contribution in [0, 0.1) is 5.82 Å². The minimum atomic E-state index is -5.07. The Morgan fingerprint density at radius 3 is 2.15 bits per heavy atom. The predicted molar refractivity (Wildman–Crippen MR) is 83.2 cm³/mol. The third kappa shape index (κ3) is 3.92. The molecule has 0 saturated heterocycles. The van der Waals surface area contributed by atoms with Gasteiger partial charge >= 0.3 is 6.18 Å². The van der Waals surface area contributed by atoms with Crippen molar-refractivity contribution >= 4 is 5.91 Å². The molecule has 1 aromatic heterocycles. The number of nitrogens with zero attached hydrogens (tertiary/aromatic N) is 2. The molecule has 2 rings (SSSR count). The van der Waals surface area contributed by atoms with Gasteiger partial charge in [0.1, 0.15) is 5.75 Å². The Bertz CT molecular complexity index is 802. The second-order valence-corrected chi connectivity index (χ2v) is 5.84. The molecule has 0 saturated carbocycles. The SMILES string of the molecule is CN(C)C(=O)c1cnc(Oc2ccc(C(C)(F)C(F)(F)F)cc2)c(F)c1. The summed E-state index contributed by atoms with van der Waals surface area (Å²) in [5.41, 5.74) is -4.13. The zero-order chi connectivity index (χ0) is 19.7. The van der Waals surface area contributed by atoms with E-state index >= 15 is 0 Å². The third-order valence-electron chi connectivity index (χ3n) is 3.60. The van der Waals surface area contributed by atoms with E-state index in [-0.39, 0.29) is 11.3 Å². The molecule has 26 heavy (non-hydrogen) atoms. The highest BCUT2D eigenvalue weighted by Crippen LogP contribution is 2.42. The molecule has 2 aromatic rings. The minimum Gasteiger partial charge on any atom is -0.436 e. The molecule has 0 aliphatic rings. The molecular weight excluding hydrogens is 359 g/mol. The van der Waals surface area contributed by atoms with Crippen LogP contribution >= 0.6 is 0 Å². The van der Waals surface area contributed by atoms with Gasteiger partial charge < -0.3 is 9.64 Å². The van der Waals surface area contributed by atoms with Gasteiger partial charge in [0, 0.05) is 20.3 Å². The number of hydrogen-bond acceptors (Lipinski definition) is 3. The van der Waals surface area contributed by atoms with Crippen molar-refractivity contribution in [2.24, 2.45) is 0 Å². The summed E-state index contributed by atoms with van der Waals surface area (Å²) in [6, 6.07) is 4.86. The molecule has 1 aromatic carbocycles. The average Bonchev–Trinajstić information content (AvgIpc) is 2.55. The molecule has 140 valence electrons. The normalized spacial score (nSPS) is 13.8. The highest BCUT2D eigenvalue weighted by Gasteiger charge is 2.53. The van der Waals surface area contributed by atoms with Gasteiger partial charge in [-0.1, -0.05) is 12.1 Å². The van der Waals surface area contributed by atoms with Gasteiger partial charge in [0.2, 0.25) is 5.67 Å². The first-order valence-corrected chi connectivity index (χ1v) is 7.34. The second kappa shape index (κ2) is 6.89. The van der Waals surface area contributed by atoms with Crippen LogP contribution in [-0.4, -0.2) is 36.1 Å². The van der Waals surface area contributed by atoms with Crippen LogP contribution in [0.4, 0.5) is 22.0 Å². The minimum absolute atomic E-state index is 0.00794. The average molecular weight is 374 g/mol. The first kappa shape index (κ1) is 19.6. The summed E-state index contributed by atoms with van der Waals surface area (Å²) < 4.78 is 71.1. The molecule has 9 heteroatoms. The molecule has 0 radical (unpaired) electrons. The van der Waals surface area contributed by atoms with E-state index in [0.29, 0.717) is 6.92 Å². The van der Waals surface area contributed by atoms with Gasteiger partial charge in [0.15, 0.2) is 5.82 Å². The molecular formula is C17H15F5N2O2. The van der Waals surface area contributed by atoms with Gasteiger partial charge in [0.25, 0.3) is 11.8 Å². The lowest BCUT2D eigenvalue weighted by molar-refractivity contribution is -0.228. The fraction of sp³-hybridized carbons (Fsp3) is 0.294. The van der Waals surface area contributed by atoms with Crippen LogP contribution in [0.1, 0.15) is 22.8 Å². The molecule has 4 nitrogen and oxygen atoms in total. The Morgan fingerprint density at radius 2 is 1.69 bits per heavy atom. The number of ether oxygens (including phenoxy) is 1. The maximum Gasteiger partial charge on any atom is 0.426 e. The fourth-order valence-electron chi connectivity index (χ4n) is 1.99. The predicted octanol–water partition coefficient (Wildman–Crippen LogP) is 4.46. The Labute approximate surface area is 146 Å². The Morgan fingerprint density at radius 1 is 1.12 bits per heavy atom. The van der Waals surface area contributed by atoms with Gasteiger partial charge in [-0.05, 0) is 30.7 Å². The van der Waals surface area contributed by atoms with Crippen molar-refractivity contribution in [3.63, 3.8) is 0 Å². The number of aromatic nitrogens is 1. The summed E-state index contributed by atoms with van der Waals surface area (Å²) in [5.74, 6) is -1.88. The lowest BCUT2D eigenvalue weighted by atomic mass is 9.97. The van der Waals surface area contributed by atoms with Crippen LogP contribution in [0.25, 0.3) is 0 Å². The zero-order valence-corrected chi connectivity index (χ0v) is 14.1. The summed E-state index contributed by atoms with van der Waals surface area (Å²) in [4.78, 5) is 16.7. The highest BCUT2D eigenvalue weighted by molar-refractivity contribution is 5.93. The van der Waals surface area contributed by atoms with E-state index in [1.807, 2.05) is 0 Å². The number of benzene rings is 1. The molecule has 1 unspecified atom stereocenters. The van der Waals surface area contributed by atoms with E-state index in [1.165, 1.54) is 19.0 Å². The lowest BCUT2D eigenvalue weighted by Gasteiger charge is -2.24. The molecule has 0 aliphatic carbocycles. The first-order chi connectivity index (χ1) is 11.9. The monoisotopic (exact) mass is 374 g/mol. The van der Waals surface area contributed by atoms with E-state index in [1.54, 1.807) is 0 Å². The number of halogens is 5. The van der Waals surface area contributed by atoms with E-state index < -0.39 is 35.0 Å². The van der Waals surface area contributed by atoms with E-state index in [2.05, 4.69) is 4.98 Å². The standard InChI is InChI=1S/C17H15F5N2O2/c1-16(19,17(20,21)22)11-4-6-12(7-5-11)26-14-13(18)8-10(9-23-14)15(25)24(2)3/h4-9H,1-3H3. The Hall–Kier alpha value is -2.71. The molecule has 0 N–H and O–H groups in total. The van der Waals surface area contributed by atoms with Gasteiger partial charge in [-0.3, -0.25) is 4.79 Å². The number of amides is 1. The maximum atomic E-state index is 14.0. The van der Waals surface area contributed by atoms with E-state index in [0.717, 1.165) is 36.5 Å². The van der Waals surface area contributed by atoms with Crippen LogP contribution in [0.2, 0.25) is 0 Å². The number of alkyl halides is 4. The smallest absolute Gasteiger partial charge is 0.426 e. The first-order valence-electron chi connectivity index (χ1n) is 7.34. The summed E-state index contributed by atoms with van der Waals surface area (Å²) in [6.07, 6.45) is -3.96. The molecule has 1 heterocycles. The quantitative estimate of drug-likeness (QED) is 0.742. The molecule has 0 bridgehead atoms. The topological polar surface area (TPSA) is 42.4 Å². The number of rotatable bonds is 4. The largest absolute Gasteiger partial charge is 0.436 e. The zero-order valence-electron chi connectivity index (χ0n) is 14.1. The van der Waals surface area contributed by atoms with Gasteiger partial charge in [-0.2, -0.15) is 13.2 Å². The lowest BCUT2D eigenvalue weighted by Crippen LogP contribution is -2.34. The van der Waals surface area contributed by atoms with Crippen LogP contribution in [0.15, 0.2) is 36.5 Å². The van der Waals surface area contributed by atoms with Crippen molar-refractivity contribution in [3.8, 4) is 11.6 Å². The van der Waals surface area contributed by atoms with Crippen molar-refractivity contribution in [1.29, 1.82) is 0 Å². The van der Waals surface area contributed by atoms with Gasteiger partial charge in [-0.15, -0.1) is 0 Å². The van der Waals surface area contributed by atoms with Crippen LogP contribution < -0.4 is 4.74 Å². The van der Waals surface area contributed by atoms with Crippen molar-refractivity contribution in [1.82, 2.24) is 9.88 Å². The summed E-state index contributed by atoms with van der Waals surface area (Å²) >= 11 is 0. The Balaban J connectivity index is 2.21. The van der Waals surface area contributed by atoms with Crippen molar-refractivity contribution < 1.29 is 31.5 Å². The van der Waals surface area contributed by atoms with Crippen LogP contribution in [0.5, 0.6) is 11.6 Å². The number of carbonyl (C=O) groups is 1. The summed E-state index contributed by atoms with van der Waals surface area (Å²) in [6.45, 7) is 0.407. The van der Waals surface area contributed by atoms with Crippen LogP contribution in [-0.2, 0) is 5.67 Å². The fourth-order valence-corrected chi connectivity index (χ4v) is 1.99. The molecule has 0 fully saturated rings. The van der Waals surface area contributed by atoms with E-state index in [9.17, 15) is 26.7 Å².